The van der Waals surface area contributed by atoms with Gasteiger partial charge >= 0.3 is 0 Å². The number of aryl methyl sites for hydroxylation is 2. The molecule has 5 nitrogen and oxygen atoms in total. The van der Waals surface area contributed by atoms with E-state index in [1.54, 1.807) is 13.0 Å². The Balaban J connectivity index is 1.72. The lowest BCUT2D eigenvalue weighted by atomic mass is 10.2. The minimum Gasteiger partial charge on any atom is -0.492 e. The van der Waals surface area contributed by atoms with Crippen molar-refractivity contribution in [2.24, 2.45) is 0 Å². The first-order valence-corrected chi connectivity index (χ1v) is 6.06. The van der Waals surface area contributed by atoms with Crippen molar-refractivity contribution in [2.45, 2.75) is 13.8 Å². The van der Waals surface area contributed by atoms with Crippen LogP contribution in [-0.4, -0.2) is 24.2 Å². The molecule has 1 amide bonds. The maximum atomic E-state index is 11.6. The fourth-order valence-corrected chi connectivity index (χ4v) is 1.53. The van der Waals surface area contributed by atoms with E-state index in [2.05, 4.69) is 10.5 Å². The third kappa shape index (κ3) is 3.84. The number of nitrogens with zero attached hydrogens (tertiary/aromatic N) is 1. The summed E-state index contributed by atoms with van der Waals surface area (Å²) in [6.07, 6.45) is 0. The predicted molar refractivity (Wildman–Crippen MR) is 70.2 cm³/mol. The van der Waals surface area contributed by atoms with Gasteiger partial charge < -0.3 is 14.6 Å². The Morgan fingerprint density at radius 2 is 2.05 bits per heavy atom. The molecule has 0 unspecified atom stereocenters. The standard InChI is InChI=1S/C14H16N2O3/c1-10-3-5-12(6-4-10)18-8-7-15-14(17)13-9-11(2)16-19-13/h3-6,9H,7-8H2,1-2H3,(H,15,17). The lowest BCUT2D eigenvalue weighted by molar-refractivity contribution is 0.0910. The van der Waals surface area contributed by atoms with Crippen molar-refractivity contribution in [2.75, 3.05) is 13.2 Å². The topological polar surface area (TPSA) is 64.4 Å². The lowest BCUT2D eigenvalue weighted by Gasteiger charge is -2.06. The fraction of sp³-hybridized carbons (Fsp3) is 0.286. The van der Waals surface area contributed by atoms with E-state index in [-0.39, 0.29) is 11.7 Å². The molecule has 0 radical (unpaired) electrons. The molecule has 0 aliphatic rings. The minimum atomic E-state index is -0.284. The van der Waals surface area contributed by atoms with Gasteiger partial charge in [0.2, 0.25) is 5.76 Å². The zero-order chi connectivity index (χ0) is 13.7. The van der Waals surface area contributed by atoms with Crippen LogP contribution in [0.3, 0.4) is 0 Å². The van der Waals surface area contributed by atoms with Gasteiger partial charge in [0, 0.05) is 6.07 Å². The van der Waals surface area contributed by atoms with Gasteiger partial charge in [-0.15, -0.1) is 0 Å². The highest BCUT2D eigenvalue weighted by Crippen LogP contribution is 2.10. The van der Waals surface area contributed by atoms with Gasteiger partial charge in [0.1, 0.15) is 12.4 Å². The molecule has 0 fully saturated rings. The summed E-state index contributed by atoms with van der Waals surface area (Å²) >= 11 is 0. The van der Waals surface area contributed by atoms with E-state index in [4.69, 9.17) is 9.26 Å². The van der Waals surface area contributed by atoms with E-state index in [9.17, 15) is 4.79 Å². The largest absolute Gasteiger partial charge is 0.492 e. The number of carbonyl (C=O) groups is 1. The second-order valence-corrected chi connectivity index (χ2v) is 4.25. The van der Waals surface area contributed by atoms with Crippen LogP contribution in [0.4, 0.5) is 0 Å². The molecule has 0 bridgehead atoms. The number of hydrogen-bond donors (Lipinski definition) is 1. The van der Waals surface area contributed by atoms with Crippen molar-refractivity contribution in [3.05, 3.63) is 47.3 Å². The second kappa shape index (κ2) is 6.04. The Kier molecular flexibility index (Phi) is 4.18. The van der Waals surface area contributed by atoms with Gasteiger partial charge in [0.25, 0.3) is 5.91 Å². The first-order chi connectivity index (χ1) is 9.15. The molecule has 1 N–H and O–H groups in total. The quantitative estimate of drug-likeness (QED) is 0.836. The fourth-order valence-electron chi connectivity index (χ4n) is 1.53. The number of rotatable bonds is 5. The predicted octanol–water partition coefficient (Wildman–Crippen LogP) is 2.10. The summed E-state index contributed by atoms with van der Waals surface area (Å²) in [7, 11) is 0. The van der Waals surface area contributed by atoms with Crippen molar-refractivity contribution < 1.29 is 14.1 Å². The van der Waals surface area contributed by atoms with Gasteiger partial charge in [-0.3, -0.25) is 4.79 Å². The van der Waals surface area contributed by atoms with Crippen LogP contribution in [-0.2, 0) is 0 Å². The molecule has 1 heterocycles. The number of ether oxygens (including phenoxy) is 1. The third-order valence-corrected chi connectivity index (χ3v) is 2.53. The molecule has 2 aromatic rings. The highest BCUT2D eigenvalue weighted by atomic mass is 16.5. The normalized spacial score (nSPS) is 10.2. The van der Waals surface area contributed by atoms with E-state index < -0.39 is 0 Å². The maximum absolute atomic E-state index is 11.6. The van der Waals surface area contributed by atoms with E-state index in [0.717, 1.165) is 5.75 Å². The molecule has 1 aromatic carbocycles. The van der Waals surface area contributed by atoms with Gasteiger partial charge in [-0.2, -0.15) is 0 Å². The van der Waals surface area contributed by atoms with E-state index >= 15 is 0 Å². The Morgan fingerprint density at radius 3 is 2.68 bits per heavy atom. The molecule has 0 saturated carbocycles. The van der Waals surface area contributed by atoms with E-state index in [0.29, 0.717) is 18.8 Å². The average molecular weight is 260 g/mol. The Hall–Kier alpha value is -2.30. The summed E-state index contributed by atoms with van der Waals surface area (Å²) in [5, 5.41) is 6.35. The first-order valence-electron chi connectivity index (χ1n) is 6.06. The van der Waals surface area contributed by atoms with Crippen LogP contribution in [0.15, 0.2) is 34.9 Å². The zero-order valence-electron chi connectivity index (χ0n) is 11.0. The number of aromatic nitrogens is 1. The summed E-state index contributed by atoms with van der Waals surface area (Å²) in [5.41, 5.74) is 1.86. The number of amides is 1. The molecule has 2 rings (SSSR count). The molecule has 0 saturated heterocycles. The maximum Gasteiger partial charge on any atom is 0.290 e. The lowest BCUT2D eigenvalue weighted by Crippen LogP contribution is -2.27. The SMILES string of the molecule is Cc1ccc(OCCNC(=O)c2cc(C)no2)cc1. The van der Waals surface area contributed by atoms with Crippen LogP contribution in [0, 0.1) is 13.8 Å². The van der Waals surface area contributed by atoms with Crippen LogP contribution >= 0.6 is 0 Å². The van der Waals surface area contributed by atoms with Gasteiger partial charge in [-0.05, 0) is 26.0 Å². The molecule has 0 aliphatic carbocycles. The highest BCUT2D eigenvalue weighted by Gasteiger charge is 2.10. The number of nitrogens with one attached hydrogen (secondary N) is 1. The number of benzene rings is 1. The summed E-state index contributed by atoms with van der Waals surface area (Å²) in [5.74, 6) is 0.719. The van der Waals surface area contributed by atoms with Crippen molar-refractivity contribution in [1.82, 2.24) is 10.5 Å². The Morgan fingerprint density at radius 1 is 1.32 bits per heavy atom. The summed E-state index contributed by atoms with van der Waals surface area (Å²) in [6.45, 7) is 4.60. The Labute approximate surface area is 111 Å². The van der Waals surface area contributed by atoms with Gasteiger partial charge in [-0.25, -0.2) is 0 Å². The molecule has 0 spiro atoms. The van der Waals surface area contributed by atoms with Crippen LogP contribution in [0.25, 0.3) is 0 Å². The second-order valence-electron chi connectivity index (χ2n) is 4.25. The molecule has 100 valence electrons. The minimum absolute atomic E-state index is 0.216. The van der Waals surface area contributed by atoms with Crippen molar-refractivity contribution in [1.29, 1.82) is 0 Å². The molecule has 1 aromatic heterocycles. The van der Waals surface area contributed by atoms with Gasteiger partial charge in [-0.1, -0.05) is 22.9 Å². The summed E-state index contributed by atoms with van der Waals surface area (Å²) < 4.78 is 10.3. The third-order valence-electron chi connectivity index (χ3n) is 2.53. The van der Waals surface area contributed by atoms with Gasteiger partial charge in [0.05, 0.1) is 12.2 Å². The van der Waals surface area contributed by atoms with E-state index in [1.165, 1.54) is 5.56 Å². The van der Waals surface area contributed by atoms with Crippen molar-refractivity contribution in [3.63, 3.8) is 0 Å². The summed E-state index contributed by atoms with van der Waals surface area (Å²) in [6, 6.07) is 9.35. The summed E-state index contributed by atoms with van der Waals surface area (Å²) in [4.78, 5) is 11.6. The Bertz CT molecular complexity index is 546. The van der Waals surface area contributed by atoms with Crippen LogP contribution < -0.4 is 10.1 Å². The molecule has 19 heavy (non-hydrogen) atoms. The van der Waals surface area contributed by atoms with E-state index in [1.807, 2.05) is 31.2 Å². The monoisotopic (exact) mass is 260 g/mol. The molecule has 0 atom stereocenters. The molecule has 5 heteroatoms. The van der Waals surface area contributed by atoms with Crippen LogP contribution in [0.5, 0.6) is 5.75 Å². The average Bonchev–Trinajstić information content (AvgIpc) is 2.83. The molecular formula is C14H16N2O3. The van der Waals surface area contributed by atoms with Crippen molar-refractivity contribution in [3.8, 4) is 5.75 Å². The smallest absolute Gasteiger partial charge is 0.290 e. The zero-order valence-corrected chi connectivity index (χ0v) is 11.0. The van der Waals surface area contributed by atoms with Crippen LogP contribution in [0.2, 0.25) is 0 Å². The first kappa shape index (κ1) is 13.1. The highest BCUT2D eigenvalue weighted by molar-refractivity contribution is 5.91. The van der Waals surface area contributed by atoms with Crippen molar-refractivity contribution >= 4 is 5.91 Å². The molecular weight excluding hydrogens is 244 g/mol. The number of carbonyl (C=O) groups excluding carboxylic acids is 1. The number of hydrogen-bond acceptors (Lipinski definition) is 4. The van der Waals surface area contributed by atoms with Crippen LogP contribution in [0.1, 0.15) is 21.8 Å². The molecule has 0 aliphatic heterocycles. The van der Waals surface area contributed by atoms with Gasteiger partial charge in [0.15, 0.2) is 0 Å².